The Morgan fingerprint density at radius 3 is 2.50 bits per heavy atom. The molecule has 0 N–H and O–H groups in total. The molecule has 0 spiro atoms. The Morgan fingerprint density at radius 1 is 1.07 bits per heavy atom. The number of nitrogens with zero attached hydrogens (tertiary/aromatic N) is 3. The van der Waals surface area contributed by atoms with E-state index in [4.69, 9.17) is 4.42 Å². The summed E-state index contributed by atoms with van der Waals surface area (Å²) in [5.74, 6) is 1.16. The number of hydrogen-bond acceptors (Lipinski definition) is 4. The molecule has 1 fully saturated rings. The Balaban J connectivity index is 1.51. The highest BCUT2D eigenvalue weighted by atomic mass is 19.1. The van der Waals surface area contributed by atoms with Crippen LogP contribution >= 0.6 is 0 Å². The molecule has 2 heterocycles. The van der Waals surface area contributed by atoms with Crippen molar-refractivity contribution in [1.29, 1.82) is 0 Å². The summed E-state index contributed by atoms with van der Waals surface area (Å²) in [6.45, 7) is 5.19. The normalized spacial score (nSPS) is 15.3. The molecular formula is C21H26FN3O3. The summed E-state index contributed by atoms with van der Waals surface area (Å²) in [6.07, 6.45) is 0.793. The van der Waals surface area contributed by atoms with Gasteiger partial charge in [0.1, 0.15) is 17.3 Å². The third kappa shape index (κ3) is 5.19. The van der Waals surface area contributed by atoms with Gasteiger partial charge in [-0.15, -0.1) is 0 Å². The van der Waals surface area contributed by atoms with Gasteiger partial charge in [0.25, 0.3) is 5.91 Å². The molecule has 6 nitrogen and oxygen atoms in total. The summed E-state index contributed by atoms with van der Waals surface area (Å²) >= 11 is 0. The molecule has 1 aromatic heterocycles. The molecular weight excluding hydrogens is 361 g/mol. The van der Waals surface area contributed by atoms with Crippen molar-refractivity contribution in [1.82, 2.24) is 14.7 Å². The van der Waals surface area contributed by atoms with Gasteiger partial charge in [-0.3, -0.25) is 14.5 Å². The summed E-state index contributed by atoms with van der Waals surface area (Å²) < 4.78 is 18.6. The van der Waals surface area contributed by atoms with Crippen molar-refractivity contribution in [3.63, 3.8) is 0 Å². The number of carbonyl (C=O) groups is 2. The first-order valence-electron chi connectivity index (χ1n) is 9.49. The number of benzene rings is 1. The van der Waals surface area contributed by atoms with E-state index in [0.29, 0.717) is 38.3 Å². The molecule has 150 valence electrons. The fourth-order valence-corrected chi connectivity index (χ4v) is 3.31. The lowest BCUT2D eigenvalue weighted by molar-refractivity contribution is -0.131. The molecule has 1 aliphatic heterocycles. The number of hydrogen-bond donors (Lipinski definition) is 0. The molecule has 0 aliphatic carbocycles. The van der Waals surface area contributed by atoms with Gasteiger partial charge in [-0.25, -0.2) is 4.39 Å². The van der Waals surface area contributed by atoms with Crippen LogP contribution in [-0.4, -0.2) is 66.3 Å². The maximum Gasteiger partial charge on any atom is 0.253 e. The molecule has 3 rings (SSSR count). The minimum atomic E-state index is -0.356. The largest absolute Gasteiger partial charge is 0.464 e. The van der Waals surface area contributed by atoms with Crippen LogP contribution in [0.1, 0.15) is 28.3 Å². The number of halogens is 1. The number of rotatable bonds is 5. The van der Waals surface area contributed by atoms with Gasteiger partial charge in [-0.1, -0.05) is 0 Å². The van der Waals surface area contributed by atoms with Crippen LogP contribution in [0.25, 0.3) is 0 Å². The van der Waals surface area contributed by atoms with E-state index in [1.165, 1.54) is 24.3 Å². The van der Waals surface area contributed by atoms with Gasteiger partial charge in [0.2, 0.25) is 5.91 Å². The molecule has 0 unspecified atom stereocenters. The van der Waals surface area contributed by atoms with Crippen LogP contribution < -0.4 is 0 Å². The van der Waals surface area contributed by atoms with Crippen molar-refractivity contribution >= 4 is 11.8 Å². The lowest BCUT2D eigenvalue weighted by Crippen LogP contribution is -2.40. The van der Waals surface area contributed by atoms with Crippen LogP contribution in [0.5, 0.6) is 0 Å². The van der Waals surface area contributed by atoms with Gasteiger partial charge in [0.15, 0.2) is 0 Å². The Morgan fingerprint density at radius 2 is 1.82 bits per heavy atom. The predicted molar refractivity (Wildman–Crippen MR) is 103 cm³/mol. The highest BCUT2D eigenvalue weighted by Gasteiger charge is 2.22. The zero-order valence-electron chi connectivity index (χ0n) is 16.4. The molecule has 0 atom stereocenters. The zero-order chi connectivity index (χ0) is 20.1. The second-order valence-electron chi connectivity index (χ2n) is 7.19. The van der Waals surface area contributed by atoms with Crippen LogP contribution in [-0.2, 0) is 11.3 Å². The highest BCUT2D eigenvalue weighted by Crippen LogP contribution is 2.12. The summed E-state index contributed by atoms with van der Waals surface area (Å²) in [6, 6.07) is 9.38. The standard InChI is InChI=1S/C21H26FN3O3/c1-16-4-9-19(28-16)14-23(2)20(26)15-24-10-3-11-25(13-12-24)21(27)17-5-7-18(22)8-6-17/h4-9H,3,10-15H2,1-2H3. The van der Waals surface area contributed by atoms with Crippen LogP contribution in [0.15, 0.2) is 40.8 Å². The molecule has 1 aromatic carbocycles. The SMILES string of the molecule is Cc1ccc(CN(C)C(=O)CN2CCCN(C(=O)c3ccc(F)cc3)CC2)o1. The van der Waals surface area contributed by atoms with Gasteiger partial charge in [0.05, 0.1) is 13.1 Å². The van der Waals surface area contributed by atoms with E-state index in [1.807, 2.05) is 19.1 Å². The second kappa shape index (κ2) is 9.01. The van der Waals surface area contributed by atoms with Gasteiger partial charge in [0, 0.05) is 38.8 Å². The van der Waals surface area contributed by atoms with Crippen LogP contribution in [0, 0.1) is 12.7 Å². The molecule has 0 bridgehead atoms. The Labute approximate surface area is 164 Å². The zero-order valence-corrected chi connectivity index (χ0v) is 16.4. The van der Waals surface area contributed by atoms with E-state index < -0.39 is 0 Å². The first kappa shape index (κ1) is 20.1. The minimum absolute atomic E-state index is 0.0207. The number of aryl methyl sites for hydroxylation is 1. The van der Waals surface area contributed by atoms with E-state index in [-0.39, 0.29) is 17.6 Å². The number of carbonyl (C=O) groups excluding carboxylic acids is 2. The predicted octanol–water partition coefficient (Wildman–Crippen LogP) is 2.53. The van der Waals surface area contributed by atoms with Crippen molar-refractivity contribution in [3.8, 4) is 0 Å². The minimum Gasteiger partial charge on any atom is -0.464 e. The average Bonchev–Trinajstić information content (AvgIpc) is 2.94. The summed E-state index contributed by atoms with van der Waals surface area (Å²) in [7, 11) is 1.77. The van der Waals surface area contributed by atoms with Crippen molar-refractivity contribution in [3.05, 3.63) is 59.3 Å². The molecule has 1 aliphatic rings. The monoisotopic (exact) mass is 387 g/mol. The third-order valence-corrected chi connectivity index (χ3v) is 4.94. The van der Waals surface area contributed by atoms with E-state index in [0.717, 1.165) is 24.5 Å². The number of likely N-dealkylation sites (N-methyl/N-ethyl adjacent to an activating group) is 1. The Kier molecular flexibility index (Phi) is 6.46. The van der Waals surface area contributed by atoms with E-state index >= 15 is 0 Å². The van der Waals surface area contributed by atoms with E-state index in [9.17, 15) is 14.0 Å². The average molecular weight is 387 g/mol. The number of furan rings is 1. The number of amides is 2. The molecule has 0 saturated carbocycles. The summed E-state index contributed by atoms with van der Waals surface area (Å²) in [5.41, 5.74) is 0.486. The fraction of sp³-hybridized carbons (Fsp3) is 0.429. The first-order chi connectivity index (χ1) is 13.4. The molecule has 7 heteroatoms. The second-order valence-corrected chi connectivity index (χ2v) is 7.19. The topological polar surface area (TPSA) is 57.0 Å². The highest BCUT2D eigenvalue weighted by molar-refractivity contribution is 5.94. The lowest BCUT2D eigenvalue weighted by Gasteiger charge is -2.24. The molecule has 28 heavy (non-hydrogen) atoms. The first-order valence-corrected chi connectivity index (χ1v) is 9.49. The van der Waals surface area contributed by atoms with Crippen LogP contribution in [0.4, 0.5) is 4.39 Å². The van der Waals surface area contributed by atoms with Gasteiger partial charge in [-0.2, -0.15) is 0 Å². The fourth-order valence-electron chi connectivity index (χ4n) is 3.31. The van der Waals surface area contributed by atoms with Crippen LogP contribution in [0.2, 0.25) is 0 Å². The van der Waals surface area contributed by atoms with Gasteiger partial charge in [-0.05, 0) is 49.7 Å². The van der Waals surface area contributed by atoms with E-state index in [1.54, 1.807) is 16.8 Å². The smallest absolute Gasteiger partial charge is 0.253 e. The molecule has 0 radical (unpaired) electrons. The van der Waals surface area contributed by atoms with Gasteiger partial charge >= 0.3 is 0 Å². The van der Waals surface area contributed by atoms with Crippen LogP contribution in [0.3, 0.4) is 0 Å². The molecule has 2 amide bonds. The maximum atomic E-state index is 13.1. The quantitative estimate of drug-likeness (QED) is 0.791. The van der Waals surface area contributed by atoms with Crippen molar-refractivity contribution in [2.45, 2.75) is 19.9 Å². The lowest BCUT2D eigenvalue weighted by atomic mass is 10.2. The third-order valence-electron chi connectivity index (χ3n) is 4.94. The maximum absolute atomic E-state index is 13.1. The van der Waals surface area contributed by atoms with Crippen molar-refractivity contribution < 1.29 is 18.4 Å². The van der Waals surface area contributed by atoms with Gasteiger partial charge < -0.3 is 14.2 Å². The summed E-state index contributed by atoms with van der Waals surface area (Å²) in [4.78, 5) is 30.6. The van der Waals surface area contributed by atoms with Crippen molar-refractivity contribution in [2.24, 2.45) is 0 Å². The summed E-state index contributed by atoms with van der Waals surface area (Å²) in [5, 5.41) is 0. The molecule has 2 aromatic rings. The van der Waals surface area contributed by atoms with Crippen molar-refractivity contribution in [2.75, 3.05) is 39.8 Å². The Bertz CT molecular complexity index is 819. The molecule has 1 saturated heterocycles. The Hall–Kier alpha value is -2.67. The van der Waals surface area contributed by atoms with E-state index in [2.05, 4.69) is 4.90 Å².